The highest BCUT2D eigenvalue weighted by atomic mass is 32.2. The quantitative estimate of drug-likeness (QED) is 0.716. The number of amides is 1. The van der Waals surface area contributed by atoms with Crippen LogP contribution in [0.25, 0.3) is 0 Å². The maximum Gasteiger partial charge on any atom is 0.326 e. The molecule has 1 atom stereocenters. The molecule has 0 radical (unpaired) electrons. The summed E-state index contributed by atoms with van der Waals surface area (Å²) in [5, 5.41) is 11.3. The van der Waals surface area contributed by atoms with Crippen LogP contribution in [0.1, 0.15) is 48.0 Å². The van der Waals surface area contributed by atoms with Gasteiger partial charge in [-0.15, -0.1) is 0 Å². The summed E-state index contributed by atoms with van der Waals surface area (Å²) < 4.78 is 28.2. The third-order valence-electron chi connectivity index (χ3n) is 2.83. The molecule has 0 aliphatic heterocycles. The number of carbonyl (C=O) groups is 2. The fourth-order valence-electron chi connectivity index (χ4n) is 1.37. The minimum absolute atomic E-state index is 0.0634. The van der Waals surface area contributed by atoms with Gasteiger partial charge in [-0.1, -0.05) is 0 Å². The fraction of sp³-hybridized carbons (Fsp3) is 0.857. The number of rotatable bonds is 7. The number of carboxylic acid groups (broad SMARTS) is 1. The maximum atomic E-state index is 11.9. The van der Waals surface area contributed by atoms with Crippen LogP contribution in [0.5, 0.6) is 0 Å². The van der Waals surface area contributed by atoms with E-state index in [9.17, 15) is 18.0 Å². The van der Waals surface area contributed by atoms with Crippen molar-refractivity contribution in [1.29, 1.82) is 0 Å². The molecule has 0 heterocycles. The van der Waals surface area contributed by atoms with Gasteiger partial charge in [0.15, 0.2) is 9.84 Å². The molecule has 7 nitrogen and oxygen atoms in total. The molecule has 0 aliphatic rings. The summed E-state index contributed by atoms with van der Waals surface area (Å²) in [5.41, 5.74) is -0.414. The Labute approximate surface area is 132 Å². The molecule has 0 saturated carbocycles. The highest BCUT2D eigenvalue weighted by Gasteiger charge is 2.32. The van der Waals surface area contributed by atoms with E-state index >= 15 is 0 Å². The third kappa shape index (κ3) is 7.74. The summed E-state index contributed by atoms with van der Waals surface area (Å²) in [6.45, 7) is 10.1. The topological polar surface area (TPSA) is 110 Å². The van der Waals surface area contributed by atoms with Crippen LogP contribution in [-0.2, 0) is 24.2 Å². The zero-order valence-corrected chi connectivity index (χ0v) is 14.9. The molecule has 0 fully saturated rings. The Morgan fingerprint density at radius 1 is 1.14 bits per heavy atom. The Morgan fingerprint density at radius 2 is 1.64 bits per heavy atom. The second kappa shape index (κ2) is 7.41. The van der Waals surface area contributed by atoms with Gasteiger partial charge in [0.25, 0.3) is 0 Å². The Hall–Kier alpha value is -1.15. The van der Waals surface area contributed by atoms with Crippen LogP contribution in [-0.4, -0.2) is 54.2 Å². The van der Waals surface area contributed by atoms with E-state index in [0.29, 0.717) is 0 Å². The predicted octanol–water partition coefficient (Wildman–Crippen LogP) is 0.974. The molecule has 130 valence electrons. The molecule has 0 bridgehead atoms. The molecule has 0 spiro atoms. The van der Waals surface area contributed by atoms with Crippen molar-refractivity contribution in [2.45, 2.75) is 64.4 Å². The van der Waals surface area contributed by atoms with E-state index in [0.717, 1.165) is 0 Å². The number of aliphatic carboxylic acids is 1. The molecule has 0 aromatic rings. The van der Waals surface area contributed by atoms with Gasteiger partial charge in [0.1, 0.15) is 11.8 Å². The molecular formula is C14H27NO6S. The van der Waals surface area contributed by atoms with Gasteiger partial charge in [-0.25, -0.2) is 13.2 Å². The second-order valence-corrected chi connectivity index (χ2v) is 9.82. The van der Waals surface area contributed by atoms with Crippen LogP contribution in [0.3, 0.4) is 0 Å². The lowest BCUT2D eigenvalue weighted by Crippen LogP contribution is -2.46. The first-order valence-electron chi connectivity index (χ1n) is 7.04. The summed E-state index contributed by atoms with van der Waals surface area (Å²) in [4.78, 5) is 22.9. The van der Waals surface area contributed by atoms with Gasteiger partial charge in [-0.3, -0.25) is 4.79 Å². The van der Waals surface area contributed by atoms with Crippen molar-refractivity contribution in [2.24, 2.45) is 0 Å². The number of carboxylic acids is 1. The lowest BCUT2D eigenvalue weighted by molar-refractivity contribution is -0.142. The number of carbonyl (C=O) groups excluding carboxylic acids is 1. The molecule has 0 aromatic heterocycles. The van der Waals surface area contributed by atoms with Crippen molar-refractivity contribution in [3.05, 3.63) is 0 Å². The van der Waals surface area contributed by atoms with Crippen LogP contribution < -0.4 is 5.32 Å². The summed E-state index contributed by atoms with van der Waals surface area (Å²) in [5.74, 6) is -2.78. The van der Waals surface area contributed by atoms with Gasteiger partial charge in [0.05, 0.1) is 10.3 Å². The molecule has 0 saturated heterocycles. The van der Waals surface area contributed by atoms with Crippen LogP contribution >= 0.6 is 0 Å². The van der Waals surface area contributed by atoms with Crippen molar-refractivity contribution in [1.82, 2.24) is 5.32 Å². The highest BCUT2D eigenvalue weighted by Crippen LogP contribution is 2.15. The Balaban J connectivity index is 4.65. The number of hydrogen-bond donors (Lipinski definition) is 2. The smallest absolute Gasteiger partial charge is 0.326 e. The van der Waals surface area contributed by atoms with E-state index in [2.05, 4.69) is 5.32 Å². The van der Waals surface area contributed by atoms with Gasteiger partial charge in [-0.2, -0.15) is 0 Å². The summed E-state index contributed by atoms with van der Waals surface area (Å²) >= 11 is 0. The highest BCUT2D eigenvalue weighted by molar-refractivity contribution is 7.93. The Kier molecular flexibility index (Phi) is 7.02. The van der Waals surface area contributed by atoms with E-state index in [1.807, 2.05) is 20.8 Å². The van der Waals surface area contributed by atoms with Crippen molar-refractivity contribution in [3.8, 4) is 0 Å². The van der Waals surface area contributed by atoms with Crippen molar-refractivity contribution < 1.29 is 27.9 Å². The molecule has 0 aromatic carbocycles. The fourth-order valence-corrected chi connectivity index (χ4v) is 2.23. The van der Waals surface area contributed by atoms with Gasteiger partial charge < -0.3 is 15.2 Å². The molecule has 8 heteroatoms. The van der Waals surface area contributed by atoms with Crippen molar-refractivity contribution in [3.63, 3.8) is 0 Å². The van der Waals surface area contributed by atoms with Gasteiger partial charge in [-0.05, 0) is 41.5 Å². The number of ether oxygens (including phenoxy) is 1. The van der Waals surface area contributed by atoms with Crippen molar-refractivity contribution >= 4 is 21.7 Å². The molecular weight excluding hydrogens is 310 g/mol. The van der Waals surface area contributed by atoms with Gasteiger partial charge in [0.2, 0.25) is 5.91 Å². The third-order valence-corrected chi connectivity index (χ3v) is 5.34. The Bertz CT molecular complexity index is 498. The average molecular weight is 337 g/mol. The zero-order chi connectivity index (χ0) is 17.8. The van der Waals surface area contributed by atoms with E-state index in [1.165, 1.54) is 20.8 Å². The van der Waals surface area contributed by atoms with Gasteiger partial charge in [0, 0.05) is 13.0 Å². The van der Waals surface area contributed by atoms with Gasteiger partial charge >= 0.3 is 5.97 Å². The first-order chi connectivity index (χ1) is 9.66. The minimum Gasteiger partial charge on any atom is -0.480 e. The number of nitrogens with one attached hydrogen (secondary N) is 1. The number of sulfone groups is 1. The van der Waals surface area contributed by atoms with Crippen LogP contribution in [0, 0.1) is 0 Å². The maximum absolute atomic E-state index is 11.9. The van der Waals surface area contributed by atoms with Crippen LogP contribution in [0.2, 0.25) is 0 Å². The molecule has 0 rings (SSSR count). The SMILES string of the molecule is CC(C)(C)OCCC(NC(=O)CS(=O)(=O)C(C)(C)C)C(=O)O. The number of hydrogen-bond acceptors (Lipinski definition) is 5. The molecule has 1 amide bonds. The van der Waals surface area contributed by atoms with Crippen molar-refractivity contribution in [2.75, 3.05) is 12.4 Å². The lowest BCUT2D eigenvalue weighted by atomic mass is 10.2. The second-order valence-electron chi connectivity index (χ2n) is 7.08. The molecule has 0 aliphatic carbocycles. The Morgan fingerprint density at radius 3 is 2.00 bits per heavy atom. The van der Waals surface area contributed by atoms with Crippen LogP contribution in [0.4, 0.5) is 0 Å². The largest absolute Gasteiger partial charge is 0.480 e. The standard InChI is InChI=1S/C14H27NO6S/c1-13(2,3)21-8-7-10(12(17)18)15-11(16)9-22(19,20)14(4,5)6/h10H,7-9H2,1-6H3,(H,15,16)(H,17,18). The van der Waals surface area contributed by atoms with E-state index in [4.69, 9.17) is 9.84 Å². The molecule has 1 unspecified atom stereocenters. The average Bonchev–Trinajstić information content (AvgIpc) is 2.23. The molecule has 2 N–H and O–H groups in total. The van der Waals surface area contributed by atoms with Crippen LogP contribution in [0.15, 0.2) is 0 Å². The minimum atomic E-state index is -3.65. The summed E-state index contributed by atoms with van der Waals surface area (Å²) in [6.07, 6.45) is 0.0634. The van der Waals surface area contributed by atoms with E-state index in [1.54, 1.807) is 0 Å². The predicted molar refractivity (Wildman–Crippen MR) is 83.4 cm³/mol. The monoisotopic (exact) mass is 337 g/mol. The first-order valence-corrected chi connectivity index (χ1v) is 8.69. The lowest BCUT2D eigenvalue weighted by Gasteiger charge is -2.22. The zero-order valence-electron chi connectivity index (χ0n) is 14.1. The summed E-state index contributed by atoms with van der Waals surface area (Å²) in [6, 6.07) is -1.18. The normalized spacial score (nSPS) is 14.5. The molecule has 22 heavy (non-hydrogen) atoms. The van der Waals surface area contributed by atoms with E-state index < -0.39 is 43.9 Å². The first kappa shape index (κ1) is 20.9. The summed E-state index contributed by atoms with van der Waals surface area (Å²) in [7, 11) is -3.65. The van der Waals surface area contributed by atoms with E-state index in [-0.39, 0.29) is 13.0 Å².